The number of furan rings is 1. The highest BCUT2D eigenvalue weighted by Crippen LogP contribution is 2.29. The zero-order chi connectivity index (χ0) is 14.1. The van der Waals surface area contributed by atoms with Crippen LogP contribution in [0.1, 0.15) is 17.4 Å². The largest absolute Gasteiger partial charge is 0.497 e. The smallest absolute Gasteiger partial charge is 0.134 e. The molecule has 2 N–H and O–H groups in total. The zero-order valence-electron chi connectivity index (χ0n) is 11.0. The molecule has 1 atom stereocenters. The quantitative estimate of drug-likeness (QED) is 0.787. The number of rotatable bonds is 3. The lowest BCUT2D eigenvalue weighted by atomic mass is 10.1. The van der Waals surface area contributed by atoms with E-state index in [1.165, 1.54) is 0 Å². The van der Waals surface area contributed by atoms with E-state index in [-0.39, 0.29) is 6.04 Å². The van der Waals surface area contributed by atoms with Gasteiger partial charge in [0.05, 0.1) is 13.2 Å². The minimum Gasteiger partial charge on any atom is -0.497 e. The van der Waals surface area contributed by atoms with Gasteiger partial charge in [0.15, 0.2) is 0 Å². The predicted molar refractivity (Wildman–Crippen MR) is 80.2 cm³/mol. The summed E-state index contributed by atoms with van der Waals surface area (Å²) >= 11 is 5.97. The third-order valence-corrected chi connectivity index (χ3v) is 3.51. The summed E-state index contributed by atoms with van der Waals surface area (Å²) in [5.41, 5.74) is 8.00. The number of methoxy groups -OCH3 is 1. The number of fused-ring (bicyclic) bond motifs is 1. The molecular formula is C16H14ClNO2. The highest BCUT2D eigenvalue weighted by Gasteiger charge is 2.14. The first-order valence-electron chi connectivity index (χ1n) is 6.26. The molecule has 102 valence electrons. The molecule has 20 heavy (non-hydrogen) atoms. The molecule has 3 aromatic rings. The molecule has 0 bridgehead atoms. The van der Waals surface area contributed by atoms with Gasteiger partial charge in [-0.25, -0.2) is 0 Å². The van der Waals surface area contributed by atoms with Crippen molar-refractivity contribution in [1.82, 2.24) is 0 Å². The SMILES string of the molecule is COc1ccc(C(N)c2cc3cc(Cl)ccc3o2)cc1. The van der Waals surface area contributed by atoms with Crippen molar-refractivity contribution in [2.24, 2.45) is 5.73 Å². The summed E-state index contributed by atoms with van der Waals surface area (Å²) in [6, 6.07) is 14.8. The van der Waals surface area contributed by atoms with Crippen LogP contribution in [0, 0.1) is 0 Å². The van der Waals surface area contributed by atoms with Crippen LogP contribution in [0.2, 0.25) is 5.02 Å². The topological polar surface area (TPSA) is 48.4 Å². The van der Waals surface area contributed by atoms with Crippen LogP contribution in [0.5, 0.6) is 5.75 Å². The van der Waals surface area contributed by atoms with E-state index in [1.807, 2.05) is 42.5 Å². The summed E-state index contributed by atoms with van der Waals surface area (Å²) in [7, 11) is 1.64. The number of hydrogen-bond donors (Lipinski definition) is 1. The molecule has 1 unspecified atom stereocenters. The highest BCUT2D eigenvalue weighted by atomic mass is 35.5. The summed E-state index contributed by atoms with van der Waals surface area (Å²) in [6.45, 7) is 0. The molecule has 0 aliphatic carbocycles. The van der Waals surface area contributed by atoms with Crippen LogP contribution in [-0.2, 0) is 0 Å². The summed E-state index contributed by atoms with van der Waals surface area (Å²) < 4.78 is 10.9. The highest BCUT2D eigenvalue weighted by molar-refractivity contribution is 6.31. The normalized spacial score (nSPS) is 12.6. The Labute approximate surface area is 121 Å². The first-order valence-corrected chi connectivity index (χ1v) is 6.64. The van der Waals surface area contributed by atoms with Crippen LogP contribution in [0.4, 0.5) is 0 Å². The second-order valence-corrected chi connectivity index (χ2v) is 5.02. The number of ether oxygens (including phenoxy) is 1. The molecule has 0 spiro atoms. The molecule has 0 aliphatic rings. The molecule has 0 saturated heterocycles. The van der Waals surface area contributed by atoms with Crippen molar-refractivity contribution in [2.75, 3.05) is 7.11 Å². The maximum absolute atomic E-state index is 6.24. The molecule has 2 aromatic carbocycles. The van der Waals surface area contributed by atoms with Crippen molar-refractivity contribution in [3.05, 3.63) is 64.9 Å². The molecule has 0 saturated carbocycles. The minimum atomic E-state index is -0.313. The van der Waals surface area contributed by atoms with Gasteiger partial charge < -0.3 is 14.9 Å². The fourth-order valence-electron chi connectivity index (χ4n) is 2.16. The van der Waals surface area contributed by atoms with Gasteiger partial charge >= 0.3 is 0 Å². The zero-order valence-corrected chi connectivity index (χ0v) is 11.7. The van der Waals surface area contributed by atoms with E-state index in [0.717, 1.165) is 22.3 Å². The Bertz CT molecular complexity index is 734. The Morgan fingerprint density at radius 3 is 2.55 bits per heavy atom. The lowest BCUT2D eigenvalue weighted by Crippen LogP contribution is -2.10. The van der Waals surface area contributed by atoms with Gasteiger partial charge in [0, 0.05) is 10.4 Å². The van der Waals surface area contributed by atoms with Crippen molar-refractivity contribution < 1.29 is 9.15 Å². The monoisotopic (exact) mass is 287 g/mol. The number of hydrogen-bond acceptors (Lipinski definition) is 3. The summed E-state index contributed by atoms with van der Waals surface area (Å²) in [5, 5.41) is 1.64. The molecule has 0 radical (unpaired) electrons. The van der Waals surface area contributed by atoms with Crippen molar-refractivity contribution in [3.63, 3.8) is 0 Å². The van der Waals surface area contributed by atoms with E-state index in [9.17, 15) is 0 Å². The van der Waals surface area contributed by atoms with Crippen LogP contribution >= 0.6 is 11.6 Å². The lowest BCUT2D eigenvalue weighted by molar-refractivity contribution is 0.414. The van der Waals surface area contributed by atoms with Crippen LogP contribution in [0.15, 0.2) is 52.9 Å². The molecule has 0 amide bonds. The molecule has 0 aliphatic heterocycles. The van der Waals surface area contributed by atoms with Crippen LogP contribution in [-0.4, -0.2) is 7.11 Å². The van der Waals surface area contributed by atoms with E-state index in [4.69, 9.17) is 26.5 Å². The van der Waals surface area contributed by atoms with Gasteiger partial charge in [-0.15, -0.1) is 0 Å². The van der Waals surface area contributed by atoms with Crippen molar-refractivity contribution >= 4 is 22.6 Å². The van der Waals surface area contributed by atoms with Gasteiger partial charge in [-0.05, 0) is 42.0 Å². The number of halogens is 1. The fourth-order valence-corrected chi connectivity index (χ4v) is 2.34. The minimum absolute atomic E-state index is 0.313. The van der Waals surface area contributed by atoms with Gasteiger partial charge in [0.2, 0.25) is 0 Å². The van der Waals surface area contributed by atoms with Gasteiger partial charge in [-0.2, -0.15) is 0 Å². The van der Waals surface area contributed by atoms with Gasteiger partial charge in [-0.1, -0.05) is 23.7 Å². The van der Waals surface area contributed by atoms with Gasteiger partial charge in [0.25, 0.3) is 0 Å². The molecule has 1 heterocycles. The Balaban J connectivity index is 1.96. The summed E-state index contributed by atoms with van der Waals surface area (Å²) in [5.74, 6) is 1.52. The molecule has 3 nitrogen and oxygen atoms in total. The third-order valence-electron chi connectivity index (χ3n) is 3.28. The summed E-state index contributed by atoms with van der Waals surface area (Å²) in [4.78, 5) is 0. The maximum atomic E-state index is 6.24. The first kappa shape index (κ1) is 13.0. The number of benzene rings is 2. The van der Waals surface area contributed by atoms with Crippen molar-refractivity contribution in [1.29, 1.82) is 0 Å². The van der Waals surface area contributed by atoms with E-state index < -0.39 is 0 Å². The third kappa shape index (κ3) is 2.38. The van der Waals surface area contributed by atoms with E-state index in [2.05, 4.69) is 0 Å². The molecular weight excluding hydrogens is 274 g/mol. The summed E-state index contributed by atoms with van der Waals surface area (Å²) in [6.07, 6.45) is 0. The predicted octanol–water partition coefficient (Wildman–Crippen LogP) is 4.14. The molecule has 0 fully saturated rings. The second kappa shape index (κ2) is 5.19. The van der Waals surface area contributed by atoms with Crippen LogP contribution in [0.25, 0.3) is 11.0 Å². The fraction of sp³-hybridized carbons (Fsp3) is 0.125. The average molecular weight is 288 g/mol. The Kier molecular flexibility index (Phi) is 3.38. The lowest BCUT2D eigenvalue weighted by Gasteiger charge is -2.09. The second-order valence-electron chi connectivity index (χ2n) is 4.58. The van der Waals surface area contributed by atoms with E-state index in [0.29, 0.717) is 10.8 Å². The molecule has 3 rings (SSSR count). The van der Waals surface area contributed by atoms with Crippen LogP contribution < -0.4 is 10.5 Å². The number of nitrogens with two attached hydrogens (primary N) is 1. The van der Waals surface area contributed by atoms with E-state index >= 15 is 0 Å². The molecule has 4 heteroatoms. The molecule has 1 aromatic heterocycles. The average Bonchev–Trinajstić information content (AvgIpc) is 2.89. The van der Waals surface area contributed by atoms with Crippen molar-refractivity contribution in [2.45, 2.75) is 6.04 Å². The van der Waals surface area contributed by atoms with Crippen molar-refractivity contribution in [3.8, 4) is 5.75 Å². The Morgan fingerprint density at radius 1 is 1.10 bits per heavy atom. The Hall–Kier alpha value is -1.97. The van der Waals surface area contributed by atoms with Gasteiger partial charge in [-0.3, -0.25) is 0 Å². The Morgan fingerprint density at radius 2 is 1.85 bits per heavy atom. The first-order chi connectivity index (χ1) is 9.67. The van der Waals surface area contributed by atoms with Gasteiger partial charge in [0.1, 0.15) is 17.1 Å². The standard InChI is InChI=1S/C16H14ClNO2/c1-19-13-5-2-10(3-6-13)16(18)15-9-11-8-12(17)4-7-14(11)20-15/h2-9,16H,18H2,1H3. The maximum Gasteiger partial charge on any atom is 0.134 e. The van der Waals surface area contributed by atoms with Crippen LogP contribution in [0.3, 0.4) is 0 Å². The van der Waals surface area contributed by atoms with E-state index in [1.54, 1.807) is 13.2 Å².